The molecule has 4 aromatic rings. The van der Waals surface area contributed by atoms with Crippen LogP contribution in [0.4, 0.5) is 23.7 Å². The van der Waals surface area contributed by atoms with Gasteiger partial charge in [-0.25, -0.2) is 22.9 Å². The van der Waals surface area contributed by atoms with Gasteiger partial charge < -0.3 is 15.0 Å². The summed E-state index contributed by atoms with van der Waals surface area (Å²) in [6.45, 7) is 1.39. The Morgan fingerprint density at radius 2 is 1.97 bits per heavy atom. The van der Waals surface area contributed by atoms with Crippen molar-refractivity contribution in [2.75, 3.05) is 25.0 Å². The number of hydrogen-bond acceptors (Lipinski definition) is 4. The van der Waals surface area contributed by atoms with Gasteiger partial charge in [0.25, 0.3) is 0 Å². The van der Waals surface area contributed by atoms with Gasteiger partial charge in [-0.15, -0.1) is 11.3 Å². The summed E-state index contributed by atoms with van der Waals surface area (Å²) in [5.41, 5.74) is 2.43. The normalized spacial score (nSPS) is 15.6. The fourth-order valence-corrected chi connectivity index (χ4v) is 5.02. The molecule has 6 nitrogen and oxygen atoms in total. The molecule has 3 heterocycles. The maximum atomic E-state index is 14.1. The minimum Gasteiger partial charge on any atom is -0.376 e. The number of hydrogen-bond donors (Lipinski definition) is 1. The van der Waals surface area contributed by atoms with Crippen molar-refractivity contribution in [3.8, 4) is 11.3 Å². The van der Waals surface area contributed by atoms with Gasteiger partial charge >= 0.3 is 6.03 Å². The van der Waals surface area contributed by atoms with Crippen LogP contribution in [0.2, 0.25) is 0 Å². The SMILES string of the molecule is O=C(Nc1ccc(F)cc1F)N(CCc1csc2nc(-c3ccc(F)cc3)cn12)CC1CCCO1. The number of ether oxygens (including phenoxy) is 1. The summed E-state index contributed by atoms with van der Waals surface area (Å²) >= 11 is 1.48. The van der Waals surface area contributed by atoms with Crippen LogP contribution >= 0.6 is 11.3 Å². The smallest absolute Gasteiger partial charge is 0.322 e. The monoisotopic (exact) mass is 500 g/mol. The lowest BCUT2D eigenvalue weighted by Gasteiger charge is -2.26. The highest BCUT2D eigenvalue weighted by molar-refractivity contribution is 7.15. The van der Waals surface area contributed by atoms with E-state index in [4.69, 9.17) is 4.74 Å². The maximum absolute atomic E-state index is 14.1. The molecule has 1 unspecified atom stereocenters. The average molecular weight is 501 g/mol. The summed E-state index contributed by atoms with van der Waals surface area (Å²) in [5, 5.41) is 4.54. The van der Waals surface area contributed by atoms with Crippen LogP contribution in [0.25, 0.3) is 16.2 Å². The van der Waals surface area contributed by atoms with Crippen LogP contribution in [0.5, 0.6) is 0 Å². The van der Waals surface area contributed by atoms with Gasteiger partial charge in [0.2, 0.25) is 0 Å². The Bertz CT molecular complexity index is 1330. The number of rotatable bonds is 7. The molecule has 0 spiro atoms. The van der Waals surface area contributed by atoms with Crippen LogP contribution in [0.1, 0.15) is 18.5 Å². The zero-order chi connectivity index (χ0) is 24.4. The van der Waals surface area contributed by atoms with Crippen LogP contribution in [-0.4, -0.2) is 46.1 Å². The van der Waals surface area contributed by atoms with E-state index in [1.807, 2.05) is 16.0 Å². The molecule has 2 aromatic carbocycles. The van der Waals surface area contributed by atoms with E-state index in [0.29, 0.717) is 26.1 Å². The van der Waals surface area contributed by atoms with Crippen molar-refractivity contribution in [2.45, 2.75) is 25.4 Å². The van der Waals surface area contributed by atoms with Gasteiger partial charge in [-0.1, -0.05) is 0 Å². The van der Waals surface area contributed by atoms with Crippen molar-refractivity contribution < 1.29 is 22.7 Å². The summed E-state index contributed by atoms with van der Waals surface area (Å²) in [5.74, 6) is -1.85. The van der Waals surface area contributed by atoms with E-state index >= 15 is 0 Å². The molecule has 2 aromatic heterocycles. The molecular formula is C25H23F3N4O2S. The molecule has 1 saturated heterocycles. The number of fused-ring (bicyclic) bond motifs is 1. The lowest BCUT2D eigenvalue weighted by atomic mass is 10.2. The number of carbonyl (C=O) groups excluding carboxylic acids is 1. The molecule has 0 bridgehead atoms. The number of thiazole rings is 1. The van der Waals surface area contributed by atoms with Crippen molar-refractivity contribution in [1.29, 1.82) is 0 Å². The van der Waals surface area contributed by atoms with Gasteiger partial charge in [-0.2, -0.15) is 0 Å². The average Bonchev–Trinajstić information content (AvgIpc) is 3.57. The number of amides is 2. The van der Waals surface area contributed by atoms with E-state index in [1.165, 1.54) is 29.5 Å². The van der Waals surface area contributed by atoms with Crippen LogP contribution in [0.15, 0.2) is 54.0 Å². The van der Waals surface area contributed by atoms with Crippen LogP contribution in [-0.2, 0) is 11.2 Å². The zero-order valence-corrected chi connectivity index (χ0v) is 19.5. The Balaban J connectivity index is 1.32. The quantitative estimate of drug-likeness (QED) is 0.352. The lowest BCUT2D eigenvalue weighted by Crippen LogP contribution is -2.41. The van der Waals surface area contributed by atoms with Gasteiger partial charge in [0.15, 0.2) is 4.96 Å². The number of anilines is 1. The van der Waals surface area contributed by atoms with E-state index in [2.05, 4.69) is 10.3 Å². The van der Waals surface area contributed by atoms with Gasteiger partial charge in [-0.05, 0) is 49.2 Å². The molecule has 0 radical (unpaired) electrons. The number of nitrogens with zero attached hydrogens (tertiary/aromatic N) is 3. The van der Waals surface area contributed by atoms with E-state index in [9.17, 15) is 18.0 Å². The van der Waals surface area contributed by atoms with Crippen molar-refractivity contribution in [2.24, 2.45) is 0 Å². The topological polar surface area (TPSA) is 58.9 Å². The Morgan fingerprint density at radius 3 is 2.71 bits per heavy atom. The summed E-state index contributed by atoms with van der Waals surface area (Å²) in [7, 11) is 0. The third-order valence-electron chi connectivity index (χ3n) is 5.97. The van der Waals surface area contributed by atoms with Gasteiger partial charge in [0.1, 0.15) is 17.5 Å². The minimum atomic E-state index is -0.832. The first-order valence-corrected chi connectivity index (χ1v) is 12.2. The summed E-state index contributed by atoms with van der Waals surface area (Å²) in [4.78, 5) is 20.0. The number of aromatic nitrogens is 2. The van der Waals surface area contributed by atoms with Crippen molar-refractivity contribution >= 4 is 28.0 Å². The fraction of sp³-hybridized carbons (Fsp3) is 0.280. The maximum Gasteiger partial charge on any atom is 0.322 e. The molecule has 0 aliphatic carbocycles. The van der Waals surface area contributed by atoms with Crippen LogP contribution in [0, 0.1) is 17.5 Å². The second-order valence-corrected chi connectivity index (χ2v) is 9.23. The minimum absolute atomic E-state index is 0.0785. The molecule has 5 rings (SSSR count). The first-order valence-electron chi connectivity index (χ1n) is 11.3. The molecular weight excluding hydrogens is 477 g/mol. The van der Waals surface area contributed by atoms with Crippen molar-refractivity contribution in [3.05, 3.63) is 77.2 Å². The highest BCUT2D eigenvalue weighted by Crippen LogP contribution is 2.25. The molecule has 2 amide bonds. The third-order valence-corrected chi connectivity index (χ3v) is 6.86. The van der Waals surface area contributed by atoms with E-state index in [-0.39, 0.29) is 17.6 Å². The summed E-state index contributed by atoms with van der Waals surface area (Å²) in [6.07, 6.45) is 4.12. The molecule has 1 N–H and O–H groups in total. The number of nitrogens with one attached hydrogen (secondary N) is 1. The standard InChI is InChI=1S/C25H23F3N4O2S/c26-17-5-3-16(4-6-17)23-14-32-19(15-35-25(32)30-23)9-10-31(13-20-2-1-11-34-20)24(33)29-22-8-7-18(27)12-21(22)28/h3-8,12,14-15,20H,1-2,9-11,13H2,(H,29,33). The first-order chi connectivity index (χ1) is 17.0. The number of benzene rings is 2. The largest absolute Gasteiger partial charge is 0.376 e. The van der Waals surface area contributed by atoms with E-state index in [1.54, 1.807) is 17.0 Å². The molecule has 182 valence electrons. The predicted molar refractivity (Wildman–Crippen MR) is 128 cm³/mol. The van der Waals surface area contributed by atoms with E-state index in [0.717, 1.165) is 46.9 Å². The van der Waals surface area contributed by atoms with Crippen LogP contribution in [0.3, 0.4) is 0 Å². The molecule has 10 heteroatoms. The fourth-order valence-electron chi connectivity index (χ4n) is 4.11. The van der Waals surface area contributed by atoms with Gasteiger partial charge in [-0.3, -0.25) is 4.40 Å². The summed E-state index contributed by atoms with van der Waals surface area (Å²) < 4.78 is 48.3. The number of carbonyl (C=O) groups is 1. The second kappa shape index (κ2) is 10.1. The molecule has 35 heavy (non-hydrogen) atoms. The predicted octanol–water partition coefficient (Wildman–Crippen LogP) is 5.74. The second-order valence-electron chi connectivity index (χ2n) is 8.40. The third kappa shape index (κ3) is 5.33. The summed E-state index contributed by atoms with van der Waals surface area (Å²) in [6, 6.07) is 8.73. The Labute approximate surface area is 204 Å². The molecule has 0 saturated carbocycles. The molecule has 1 aliphatic heterocycles. The highest BCUT2D eigenvalue weighted by Gasteiger charge is 2.24. The number of halogens is 3. The van der Waals surface area contributed by atoms with Crippen LogP contribution < -0.4 is 5.32 Å². The zero-order valence-electron chi connectivity index (χ0n) is 18.7. The number of imidazole rings is 1. The number of urea groups is 1. The Hall–Kier alpha value is -3.37. The Kier molecular flexibility index (Phi) is 6.74. The van der Waals surface area contributed by atoms with Crippen molar-refractivity contribution in [1.82, 2.24) is 14.3 Å². The van der Waals surface area contributed by atoms with Crippen molar-refractivity contribution in [3.63, 3.8) is 0 Å². The van der Waals surface area contributed by atoms with Gasteiger partial charge in [0, 0.05) is 55.0 Å². The van der Waals surface area contributed by atoms with Gasteiger partial charge in [0.05, 0.1) is 17.5 Å². The molecule has 1 aliphatic rings. The Morgan fingerprint density at radius 1 is 1.17 bits per heavy atom. The molecule has 1 fully saturated rings. The molecule has 1 atom stereocenters. The lowest BCUT2D eigenvalue weighted by molar-refractivity contribution is 0.0838. The highest BCUT2D eigenvalue weighted by atomic mass is 32.1. The van der Waals surface area contributed by atoms with E-state index < -0.39 is 17.7 Å². The first kappa shape index (κ1) is 23.4.